The number of rotatable bonds is 4. The lowest BCUT2D eigenvalue weighted by molar-refractivity contribution is 0.122. The van der Waals surface area contributed by atoms with Gasteiger partial charge in [-0.25, -0.2) is 0 Å². The topological polar surface area (TPSA) is 27.7 Å². The molecule has 1 unspecified atom stereocenters. The number of hydrogen-bond donors (Lipinski definition) is 1. The monoisotopic (exact) mass is 289 g/mol. The number of morpholine rings is 1. The van der Waals surface area contributed by atoms with Crippen LogP contribution in [0.25, 0.3) is 0 Å². The molecule has 3 rings (SSSR count). The van der Waals surface area contributed by atoms with Crippen LogP contribution in [0.5, 0.6) is 0 Å². The van der Waals surface area contributed by atoms with Gasteiger partial charge in [0.1, 0.15) is 0 Å². The molecule has 2 saturated heterocycles. The molecule has 1 N–H and O–H groups in total. The van der Waals surface area contributed by atoms with Crippen LogP contribution < -0.4 is 15.1 Å². The lowest BCUT2D eigenvalue weighted by Crippen LogP contribution is -2.37. The van der Waals surface area contributed by atoms with E-state index in [2.05, 4.69) is 53.2 Å². The van der Waals surface area contributed by atoms with Gasteiger partial charge < -0.3 is 19.9 Å². The molecule has 2 aliphatic heterocycles. The largest absolute Gasteiger partial charge is 0.378 e. The molecule has 1 aromatic rings. The first-order valence-corrected chi connectivity index (χ1v) is 8.16. The molecule has 2 aliphatic rings. The standard InChI is InChI=1S/C17H27N3O/c1-14(2)18-15-7-8-20(13-15)17-5-3-16(4-6-17)19-9-11-21-12-10-19/h3-6,14-15,18H,7-13H2,1-2H3. The van der Waals surface area contributed by atoms with Crippen LogP contribution in [0.1, 0.15) is 20.3 Å². The highest BCUT2D eigenvalue weighted by Crippen LogP contribution is 2.24. The zero-order valence-electron chi connectivity index (χ0n) is 13.2. The van der Waals surface area contributed by atoms with Gasteiger partial charge in [-0.15, -0.1) is 0 Å². The van der Waals surface area contributed by atoms with Crippen molar-refractivity contribution in [2.45, 2.75) is 32.4 Å². The van der Waals surface area contributed by atoms with Gasteiger partial charge in [0.05, 0.1) is 13.2 Å². The van der Waals surface area contributed by atoms with E-state index >= 15 is 0 Å². The van der Waals surface area contributed by atoms with E-state index in [1.807, 2.05) is 0 Å². The molecule has 0 amide bonds. The summed E-state index contributed by atoms with van der Waals surface area (Å²) in [5.41, 5.74) is 2.66. The number of benzene rings is 1. The predicted octanol–water partition coefficient (Wildman–Crippen LogP) is 2.10. The molecule has 1 aromatic carbocycles. The second-order valence-corrected chi connectivity index (χ2v) is 6.37. The highest BCUT2D eigenvalue weighted by Gasteiger charge is 2.23. The van der Waals surface area contributed by atoms with Crippen molar-refractivity contribution in [2.75, 3.05) is 49.2 Å². The normalized spacial score (nSPS) is 23.1. The molecule has 4 nitrogen and oxygen atoms in total. The summed E-state index contributed by atoms with van der Waals surface area (Å²) < 4.78 is 5.41. The lowest BCUT2D eigenvalue weighted by Gasteiger charge is -2.29. The second-order valence-electron chi connectivity index (χ2n) is 6.37. The molecular weight excluding hydrogens is 262 g/mol. The van der Waals surface area contributed by atoms with Gasteiger partial charge in [0.2, 0.25) is 0 Å². The van der Waals surface area contributed by atoms with E-state index in [0.717, 1.165) is 39.4 Å². The molecule has 0 bridgehead atoms. The molecule has 0 spiro atoms. The summed E-state index contributed by atoms with van der Waals surface area (Å²) in [7, 11) is 0. The van der Waals surface area contributed by atoms with Crippen LogP contribution in [-0.2, 0) is 4.74 Å². The van der Waals surface area contributed by atoms with Crippen molar-refractivity contribution < 1.29 is 4.74 Å². The second kappa shape index (κ2) is 6.67. The van der Waals surface area contributed by atoms with Crippen molar-refractivity contribution >= 4 is 11.4 Å². The SMILES string of the molecule is CC(C)NC1CCN(c2ccc(N3CCOCC3)cc2)C1. The van der Waals surface area contributed by atoms with Crippen LogP contribution in [0.2, 0.25) is 0 Å². The van der Waals surface area contributed by atoms with Gasteiger partial charge >= 0.3 is 0 Å². The molecular formula is C17H27N3O. The predicted molar refractivity (Wildman–Crippen MR) is 88.4 cm³/mol. The van der Waals surface area contributed by atoms with Crippen molar-refractivity contribution in [1.29, 1.82) is 0 Å². The van der Waals surface area contributed by atoms with Gasteiger partial charge in [0, 0.05) is 49.6 Å². The highest BCUT2D eigenvalue weighted by atomic mass is 16.5. The average molecular weight is 289 g/mol. The zero-order chi connectivity index (χ0) is 14.7. The quantitative estimate of drug-likeness (QED) is 0.919. The Morgan fingerprint density at radius 3 is 2.24 bits per heavy atom. The van der Waals surface area contributed by atoms with E-state index in [-0.39, 0.29) is 0 Å². The van der Waals surface area contributed by atoms with Gasteiger partial charge in [-0.2, -0.15) is 0 Å². The third-order valence-corrected chi connectivity index (χ3v) is 4.35. The molecule has 0 aliphatic carbocycles. The Morgan fingerprint density at radius 2 is 1.62 bits per heavy atom. The summed E-state index contributed by atoms with van der Waals surface area (Å²) in [4.78, 5) is 4.89. The lowest BCUT2D eigenvalue weighted by atomic mass is 10.2. The van der Waals surface area contributed by atoms with Crippen LogP contribution in [0.4, 0.5) is 11.4 Å². The summed E-state index contributed by atoms with van der Waals surface area (Å²) in [6.45, 7) is 10.4. The van der Waals surface area contributed by atoms with Crippen LogP contribution in [-0.4, -0.2) is 51.5 Å². The van der Waals surface area contributed by atoms with Gasteiger partial charge in [0.15, 0.2) is 0 Å². The third kappa shape index (κ3) is 3.69. The maximum atomic E-state index is 5.41. The number of ether oxygens (including phenoxy) is 1. The van der Waals surface area contributed by atoms with E-state index in [9.17, 15) is 0 Å². The van der Waals surface area contributed by atoms with Crippen molar-refractivity contribution in [3.05, 3.63) is 24.3 Å². The van der Waals surface area contributed by atoms with Crippen LogP contribution in [0.3, 0.4) is 0 Å². The smallest absolute Gasteiger partial charge is 0.0642 e. The van der Waals surface area contributed by atoms with Crippen molar-refractivity contribution in [3.63, 3.8) is 0 Å². The molecule has 2 fully saturated rings. The first-order chi connectivity index (χ1) is 10.2. The Labute approximate surface area is 128 Å². The summed E-state index contributed by atoms with van der Waals surface area (Å²) >= 11 is 0. The highest BCUT2D eigenvalue weighted by molar-refractivity contribution is 5.57. The number of nitrogens with zero attached hydrogens (tertiary/aromatic N) is 2. The molecule has 0 saturated carbocycles. The molecule has 4 heteroatoms. The minimum Gasteiger partial charge on any atom is -0.378 e. The Hall–Kier alpha value is -1.26. The third-order valence-electron chi connectivity index (χ3n) is 4.35. The number of anilines is 2. The van der Waals surface area contributed by atoms with E-state index in [1.54, 1.807) is 0 Å². The van der Waals surface area contributed by atoms with E-state index in [1.165, 1.54) is 17.8 Å². The molecule has 0 aromatic heterocycles. The Bertz CT molecular complexity index is 440. The fourth-order valence-corrected chi connectivity index (χ4v) is 3.30. The first kappa shape index (κ1) is 14.7. The van der Waals surface area contributed by atoms with Crippen molar-refractivity contribution in [2.24, 2.45) is 0 Å². The van der Waals surface area contributed by atoms with Gasteiger partial charge in [-0.05, 0) is 30.7 Å². The maximum absolute atomic E-state index is 5.41. The fraction of sp³-hybridized carbons (Fsp3) is 0.647. The Kier molecular flexibility index (Phi) is 4.66. The Balaban J connectivity index is 1.59. The van der Waals surface area contributed by atoms with Gasteiger partial charge in [-0.1, -0.05) is 13.8 Å². The van der Waals surface area contributed by atoms with Crippen molar-refractivity contribution in [3.8, 4) is 0 Å². The average Bonchev–Trinajstić information content (AvgIpc) is 2.96. The molecule has 0 radical (unpaired) electrons. The molecule has 1 atom stereocenters. The first-order valence-electron chi connectivity index (χ1n) is 8.16. The van der Waals surface area contributed by atoms with E-state index in [4.69, 9.17) is 4.74 Å². The van der Waals surface area contributed by atoms with Crippen LogP contribution >= 0.6 is 0 Å². The fourth-order valence-electron chi connectivity index (χ4n) is 3.30. The molecule has 116 valence electrons. The van der Waals surface area contributed by atoms with Crippen LogP contribution in [0.15, 0.2) is 24.3 Å². The number of nitrogens with one attached hydrogen (secondary N) is 1. The van der Waals surface area contributed by atoms with E-state index < -0.39 is 0 Å². The molecule has 2 heterocycles. The molecule has 21 heavy (non-hydrogen) atoms. The van der Waals surface area contributed by atoms with Gasteiger partial charge in [0.25, 0.3) is 0 Å². The maximum Gasteiger partial charge on any atom is 0.0642 e. The summed E-state index contributed by atoms with van der Waals surface area (Å²) in [6, 6.07) is 10.2. The van der Waals surface area contributed by atoms with E-state index in [0.29, 0.717) is 12.1 Å². The van der Waals surface area contributed by atoms with Crippen LogP contribution in [0, 0.1) is 0 Å². The summed E-state index contributed by atoms with van der Waals surface area (Å²) in [5.74, 6) is 0. The van der Waals surface area contributed by atoms with Crippen molar-refractivity contribution in [1.82, 2.24) is 5.32 Å². The summed E-state index contributed by atoms with van der Waals surface area (Å²) in [6.07, 6.45) is 1.24. The zero-order valence-corrected chi connectivity index (χ0v) is 13.2. The number of hydrogen-bond acceptors (Lipinski definition) is 4. The minimum absolute atomic E-state index is 0.568. The Morgan fingerprint density at radius 1 is 1.00 bits per heavy atom. The minimum atomic E-state index is 0.568. The summed E-state index contributed by atoms with van der Waals surface area (Å²) in [5, 5.41) is 3.64. The van der Waals surface area contributed by atoms with Gasteiger partial charge in [-0.3, -0.25) is 0 Å².